The Morgan fingerprint density at radius 3 is 2.60 bits per heavy atom. The molecule has 2 atom stereocenters. The number of carbonyl (C=O) groups is 1. The van der Waals surface area contributed by atoms with E-state index in [1.54, 1.807) is 0 Å². The molecule has 0 aromatic heterocycles. The minimum atomic E-state index is -0.368. The van der Waals surface area contributed by atoms with E-state index >= 15 is 0 Å². The van der Waals surface area contributed by atoms with Gasteiger partial charge in [-0.3, -0.25) is 4.79 Å². The summed E-state index contributed by atoms with van der Waals surface area (Å²) in [5.41, 5.74) is -0.368. The van der Waals surface area contributed by atoms with Gasteiger partial charge in [0, 0.05) is 13.1 Å². The number of rotatable bonds is 5. The molecule has 0 aromatic carbocycles. The van der Waals surface area contributed by atoms with Gasteiger partial charge in [-0.2, -0.15) is 0 Å². The van der Waals surface area contributed by atoms with Gasteiger partial charge >= 0.3 is 5.97 Å². The Morgan fingerprint density at radius 1 is 1.30 bits per heavy atom. The van der Waals surface area contributed by atoms with Crippen LogP contribution in [-0.2, 0) is 9.53 Å². The highest BCUT2D eigenvalue weighted by molar-refractivity contribution is 5.72. The van der Waals surface area contributed by atoms with Crippen molar-refractivity contribution >= 4 is 5.97 Å². The maximum Gasteiger partial charge on any atom is 0.309 e. The van der Waals surface area contributed by atoms with Crippen LogP contribution in [0.15, 0.2) is 12.7 Å². The van der Waals surface area contributed by atoms with Crippen LogP contribution in [0.25, 0.3) is 0 Å². The number of hydrogen-bond acceptors (Lipinski definition) is 3. The molecule has 1 aliphatic carbocycles. The molecular weight excluding hydrogens is 250 g/mol. The topological polar surface area (TPSA) is 29.5 Å². The summed E-state index contributed by atoms with van der Waals surface area (Å²) in [6, 6.07) is 0. The summed E-state index contributed by atoms with van der Waals surface area (Å²) in [4.78, 5) is 14.5. The van der Waals surface area contributed by atoms with Crippen LogP contribution < -0.4 is 0 Å². The molecule has 0 N–H and O–H groups in total. The van der Waals surface area contributed by atoms with E-state index in [1.807, 2.05) is 26.8 Å². The van der Waals surface area contributed by atoms with Gasteiger partial charge in [-0.15, -0.1) is 6.58 Å². The van der Waals surface area contributed by atoms with Gasteiger partial charge in [-0.25, -0.2) is 0 Å². The number of esters is 1. The Bertz CT molecular complexity index is 319. The van der Waals surface area contributed by atoms with Crippen LogP contribution in [0.2, 0.25) is 0 Å². The molecule has 1 unspecified atom stereocenters. The van der Waals surface area contributed by atoms with Crippen LogP contribution in [0.3, 0.4) is 0 Å². The zero-order valence-electron chi connectivity index (χ0n) is 13.7. The maximum absolute atomic E-state index is 12.2. The summed E-state index contributed by atoms with van der Waals surface area (Å²) < 4.78 is 5.53. The Kier molecular flexibility index (Phi) is 6.74. The van der Waals surface area contributed by atoms with E-state index < -0.39 is 0 Å². The Balaban J connectivity index is 2.42. The number of nitrogens with zero attached hydrogens (tertiary/aromatic N) is 1. The predicted octanol–water partition coefficient (Wildman–Crippen LogP) is 3.64. The van der Waals surface area contributed by atoms with Gasteiger partial charge in [0.05, 0.1) is 5.92 Å². The summed E-state index contributed by atoms with van der Waals surface area (Å²) in [6.07, 6.45) is 7.39. The van der Waals surface area contributed by atoms with E-state index in [1.165, 1.54) is 6.42 Å². The normalized spacial score (nSPS) is 24.2. The SMILES string of the molecule is C=CCN(C)C[C@@H]1CCCC(C(=O)OC(C)(C)C)CC1. The fraction of sp³-hybridized carbons (Fsp3) is 0.824. The van der Waals surface area contributed by atoms with Crippen LogP contribution in [0, 0.1) is 11.8 Å². The molecule has 1 rings (SSSR count). The minimum absolute atomic E-state index is 0.00223. The standard InChI is InChI=1S/C17H31NO2/c1-6-12-18(5)13-14-8-7-9-15(11-10-14)16(19)20-17(2,3)4/h6,14-15H,1,7-13H2,2-5H3/t14-,15?/m1/s1. The highest BCUT2D eigenvalue weighted by Crippen LogP contribution is 2.29. The van der Waals surface area contributed by atoms with Crippen molar-refractivity contribution in [3.05, 3.63) is 12.7 Å². The lowest BCUT2D eigenvalue weighted by atomic mass is 9.97. The van der Waals surface area contributed by atoms with Gasteiger partial charge < -0.3 is 9.64 Å². The summed E-state index contributed by atoms with van der Waals surface area (Å²) in [7, 11) is 2.14. The summed E-state index contributed by atoms with van der Waals surface area (Å²) in [5, 5.41) is 0. The van der Waals surface area contributed by atoms with Crippen molar-refractivity contribution in [3.63, 3.8) is 0 Å². The van der Waals surface area contributed by atoms with Crippen LogP contribution in [0.5, 0.6) is 0 Å². The maximum atomic E-state index is 12.2. The van der Waals surface area contributed by atoms with E-state index in [4.69, 9.17) is 4.74 Å². The van der Waals surface area contributed by atoms with Crippen LogP contribution >= 0.6 is 0 Å². The van der Waals surface area contributed by atoms with Gasteiger partial charge in [0.2, 0.25) is 0 Å². The first kappa shape index (κ1) is 17.2. The molecule has 0 radical (unpaired) electrons. The average molecular weight is 281 g/mol. The van der Waals surface area contributed by atoms with Gasteiger partial charge in [0.1, 0.15) is 5.60 Å². The third kappa shape index (κ3) is 6.56. The van der Waals surface area contributed by atoms with Gasteiger partial charge in [0.25, 0.3) is 0 Å². The van der Waals surface area contributed by atoms with Crippen molar-refractivity contribution in [2.75, 3.05) is 20.1 Å². The highest BCUT2D eigenvalue weighted by atomic mass is 16.6. The molecule has 3 nitrogen and oxygen atoms in total. The summed E-state index contributed by atoms with van der Waals surface area (Å²) >= 11 is 0. The molecule has 3 heteroatoms. The number of likely N-dealkylation sites (N-methyl/N-ethyl adjacent to an activating group) is 1. The van der Waals surface area contributed by atoms with Gasteiger partial charge in [-0.05, 0) is 59.4 Å². The molecule has 0 heterocycles. The molecule has 1 fully saturated rings. The predicted molar refractivity (Wildman–Crippen MR) is 83.6 cm³/mol. The van der Waals surface area contributed by atoms with E-state index in [2.05, 4.69) is 18.5 Å². The van der Waals surface area contributed by atoms with Crippen molar-refractivity contribution in [2.24, 2.45) is 11.8 Å². The van der Waals surface area contributed by atoms with E-state index in [-0.39, 0.29) is 17.5 Å². The quantitative estimate of drug-likeness (QED) is 0.438. The number of hydrogen-bond donors (Lipinski definition) is 0. The molecule has 0 aliphatic heterocycles. The van der Waals surface area contributed by atoms with E-state index in [0.717, 1.165) is 38.8 Å². The third-order valence-corrected chi connectivity index (χ3v) is 3.84. The van der Waals surface area contributed by atoms with Crippen LogP contribution in [0.4, 0.5) is 0 Å². The number of carbonyl (C=O) groups excluding carboxylic acids is 1. The minimum Gasteiger partial charge on any atom is -0.460 e. The van der Waals surface area contributed by atoms with Crippen molar-refractivity contribution in [1.82, 2.24) is 4.90 Å². The fourth-order valence-electron chi connectivity index (χ4n) is 2.92. The monoisotopic (exact) mass is 281 g/mol. The Labute approximate surface area is 124 Å². The Hall–Kier alpha value is -0.830. The lowest BCUT2D eigenvalue weighted by Gasteiger charge is -2.23. The smallest absolute Gasteiger partial charge is 0.309 e. The molecule has 0 saturated heterocycles. The van der Waals surface area contributed by atoms with Crippen LogP contribution in [-0.4, -0.2) is 36.6 Å². The van der Waals surface area contributed by atoms with E-state index in [9.17, 15) is 4.79 Å². The van der Waals surface area contributed by atoms with Crippen LogP contribution in [0.1, 0.15) is 52.9 Å². The molecule has 0 spiro atoms. The zero-order valence-corrected chi connectivity index (χ0v) is 13.7. The third-order valence-electron chi connectivity index (χ3n) is 3.84. The lowest BCUT2D eigenvalue weighted by molar-refractivity contribution is -0.160. The largest absolute Gasteiger partial charge is 0.460 e. The van der Waals surface area contributed by atoms with Crippen molar-refractivity contribution < 1.29 is 9.53 Å². The summed E-state index contributed by atoms with van der Waals surface area (Å²) in [6.45, 7) is 11.6. The van der Waals surface area contributed by atoms with Gasteiger partial charge in [-0.1, -0.05) is 12.5 Å². The second-order valence-electron chi connectivity index (χ2n) is 7.11. The molecule has 1 aliphatic rings. The average Bonchev–Trinajstić information content (AvgIpc) is 2.52. The second kappa shape index (κ2) is 7.82. The molecule has 116 valence electrons. The lowest BCUT2D eigenvalue weighted by Crippen LogP contribution is -2.29. The molecule has 0 aromatic rings. The van der Waals surface area contributed by atoms with Crippen molar-refractivity contribution in [2.45, 2.75) is 58.5 Å². The van der Waals surface area contributed by atoms with Crippen molar-refractivity contribution in [3.8, 4) is 0 Å². The second-order valence-corrected chi connectivity index (χ2v) is 7.11. The zero-order chi connectivity index (χ0) is 15.2. The first-order valence-electron chi connectivity index (χ1n) is 7.84. The molecular formula is C17H31NO2. The first-order chi connectivity index (χ1) is 9.31. The van der Waals surface area contributed by atoms with Crippen molar-refractivity contribution in [1.29, 1.82) is 0 Å². The highest BCUT2D eigenvalue weighted by Gasteiger charge is 2.28. The first-order valence-corrected chi connectivity index (χ1v) is 7.84. The molecule has 0 bridgehead atoms. The fourth-order valence-corrected chi connectivity index (χ4v) is 2.92. The van der Waals surface area contributed by atoms with E-state index in [0.29, 0.717) is 5.92 Å². The number of ether oxygens (including phenoxy) is 1. The summed E-state index contributed by atoms with van der Waals surface area (Å²) in [5.74, 6) is 0.800. The molecule has 20 heavy (non-hydrogen) atoms. The molecule has 0 amide bonds. The Morgan fingerprint density at radius 2 is 2.00 bits per heavy atom. The van der Waals surface area contributed by atoms with Gasteiger partial charge in [0.15, 0.2) is 0 Å². The molecule has 1 saturated carbocycles.